The molecule has 170 valence electrons. The molecule has 2 aromatic rings. The summed E-state index contributed by atoms with van der Waals surface area (Å²) in [5, 5.41) is 8.90. The minimum atomic E-state index is -0.390. The van der Waals surface area contributed by atoms with Crippen molar-refractivity contribution in [3.63, 3.8) is 0 Å². The van der Waals surface area contributed by atoms with Crippen molar-refractivity contribution >= 4 is 50.8 Å². The number of para-hydroxylation sites is 1. The highest BCUT2D eigenvalue weighted by molar-refractivity contribution is 9.10. The maximum absolute atomic E-state index is 12.8. The molecule has 0 aromatic heterocycles. The van der Waals surface area contributed by atoms with Gasteiger partial charge in [0.1, 0.15) is 5.75 Å². The molecular weight excluding hydrogens is 490 g/mol. The molecule has 2 aromatic carbocycles. The van der Waals surface area contributed by atoms with Crippen LogP contribution in [0.25, 0.3) is 0 Å². The monoisotopic (exact) mass is 517 g/mol. The molecule has 2 amide bonds. The Kier molecular flexibility index (Phi) is 9.05. The molecule has 0 spiro atoms. The number of thiocarbonyl (C=S) groups is 1. The predicted molar refractivity (Wildman–Crippen MR) is 134 cm³/mol. The average Bonchev–Trinajstić information content (AvgIpc) is 2.79. The molecule has 0 heterocycles. The summed E-state index contributed by atoms with van der Waals surface area (Å²) in [5.41, 5.74) is 1.41. The Morgan fingerprint density at radius 3 is 2.56 bits per heavy atom. The Morgan fingerprint density at radius 2 is 1.81 bits per heavy atom. The van der Waals surface area contributed by atoms with Gasteiger partial charge in [-0.15, -0.1) is 0 Å². The van der Waals surface area contributed by atoms with Crippen LogP contribution in [0.5, 0.6) is 5.75 Å². The third-order valence-electron chi connectivity index (χ3n) is 5.24. The zero-order valence-corrected chi connectivity index (χ0v) is 20.5. The minimum absolute atomic E-state index is 0.106. The van der Waals surface area contributed by atoms with Crippen molar-refractivity contribution in [2.45, 2.75) is 51.5 Å². The third kappa shape index (κ3) is 6.77. The standard InChI is InChI=1S/C24H28BrN3O3S/c1-2-14-31-21-13-12-16(25)15-19(21)23(30)28-24(32)27-20-11-7-6-10-18(20)22(29)26-17-8-4-3-5-9-17/h6-7,10-13,15,17H,2-5,8-9,14H2,1H3,(H,26,29)(H2,27,28,30,32). The molecule has 0 unspecified atom stereocenters. The van der Waals surface area contributed by atoms with Crippen LogP contribution in [0.2, 0.25) is 0 Å². The van der Waals surface area contributed by atoms with Crippen LogP contribution in [0.15, 0.2) is 46.9 Å². The van der Waals surface area contributed by atoms with E-state index < -0.39 is 0 Å². The smallest absolute Gasteiger partial charge is 0.261 e. The van der Waals surface area contributed by atoms with E-state index in [4.69, 9.17) is 17.0 Å². The summed E-state index contributed by atoms with van der Waals surface area (Å²) in [7, 11) is 0. The van der Waals surface area contributed by atoms with E-state index in [1.54, 1.807) is 30.3 Å². The average molecular weight is 518 g/mol. The Balaban J connectivity index is 1.67. The summed E-state index contributed by atoms with van der Waals surface area (Å²) >= 11 is 8.75. The van der Waals surface area contributed by atoms with Gasteiger partial charge in [-0.05, 0) is 61.8 Å². The van der Waals surface area contributed by atoms with E-state index in [1.807, 2.05) is 19.1 Å². The lowest BCUT2D eigenvalue weighted by molar-refractivity contribution is 0.0927. The predicted octanol–water partition coefficient (Wildman–Crippen LogP) is 5.43. The van der Waals surface area contributed by atoms with Gasteiger partial charge in [-0.3, -0.25) is 14.9 Å². The topological polar surface area (TPSA) is 79.5 Å². The summed E-state index contributed by atoms with van der Waals surface area (Å²) in [4.78, 5) is 25.7. The van der Waals surface area contributed by atoms with Crippen LogP contribution in [-0.4, -0.2) is 29.6 Å². The maximum atomic E-state index is 12.8. The molecule has 0 aliphatic heterocycles. The van der Waals surface area contributed by atoms with Gasteiger partial charge in [0, 0.05) is 10.5 Å². The number of carbonyl (C=O) groups excluding carboxylic acids is 2. The zero-order valence-electron chi connectivity index (χ0n) is 18.1. The van der Waals surface area contributed by atoms with Gasteiger partial charge in [-0.25, -0.2) is 0 Å². The normalized spacial score (nSPS) is 13.8. The van der Waals surface area contributed by atoms with E-state index in [0.29, 0.717) is 29.2 Å². The molecule has 1 saturated carbocycles. The Morgan fingerprint density at radius 1 is 1.06 bits per heavy atom. The van der Waals surface area contributed by atoms with Gasteiger partial charge in [0.25, 0.3) is 11.8 Å². The fourth-order valence-electron chi connectivity index (χ4n) is 3.64. The number of halogens is 1. The van der Waals surface area contributed by atoms with Crippen molar-refractivity contribution in [1.29, 1.82) is 0 Å². The molecule has 1 aliphatic carbocycles. The fourth-order valence-corrected chi connectivity index (χ4v) is 4.21. The van der Waals surface area contributed by atoms with E-state index >= 15 is 0 Å². The van der Waals surface area contributed by atoms with Crippen LogP contribution in [0.1, 0.15) is 66.2 Å². The number of benzene rings is 2. The van der Waals surface area contributed by atoms with Gasteiger partial charge >= 0.3 is 0 Å². The van der Waals surface area contributed by atoms with Crippen LogP contribution in [0.4, 0.5) is 5.69 Å². The second-order valence-corrected chi connectivity index (χ2v) is 9.08. The molecule has 32 heavy (non-hydrogen) atoms. The van der Waals surface area contributed by atoms with Crippen molar-refractivity contribution in [2.24, 2.45) is 0 Å². The molecule has 6 nitrogen and oxygen atoms in total. The van der Waals surface area contributed by atoms with E-state index in [1.165, 1.54) is 6.42 Å². The Hall–Kier alpha value is -2.45. The van der Waals surface area contributed by atoms with Crippen LogP contribution in [-0.2, 0) is 0 Å². The minimum Gasteiger partial charge on any atom is -0.493 e. The van der Waals surface area contributed by atoms with Gasteiger partial charge < -0.3 is 15.4 Å². The largest absolute Gasteiger partial charge is 0.493 e. The number of ether oxygens (including phenoxy) is 1. The van der Waals surface area contributed by atoms with Crippen LogP contribution in [0, 0.1) is 0 Å². The van der Waals surface area contributed by atoms with Crippen molar-refractivity contribution in [3.05, 3.63) is 58.1 Å². The summed E-state index contributed by atoms with van der Waals surface area (Å²) in [6, 6.07) is 12.6. The van der Waals surface area contributed by atoms with E-state index in [0.717, 1.165) is 36.6 Å². The van der Waals surface area contributed by atoms with Crippen molar-refractivity contribution < 1.29 is 14.3 Å². The SMILES string of the molecule is CCCOc1ccc(Br)cc1C(=O)NC(=S)Nc1ccccc1C(=O)NC1CCCCC1. The lowest BCUT2D eigenvalue weighted by atomic mass is 9.95. The maximum Gasteiger partial charge on any atom is 0.261 e. The number of hydrogen-bond donors (Lipinski definition) is 3. The molecule has 0 saturated heterocycles. The first kappa shape index (κ1) is 24.2. The van der Waals surface area contributed by atoms with E-state index in [9.17, 15) is 9.59 Å². The quantitative estimate of drug-likeness (QED) is 0.427. The highest BCUT2D eigenvalue weighted by Gasteiger charge is 2.20. The third-order valence-corrected chi connectivity index (χ3v) is 5.93. The molecule has 3 rings (SSSR count). The molecule has 0 bridgehead atoms. The molecule has 8 heteroatoms. The zero-order chi connectivity index (χ0) is 22.9. The highest BCUT2D eigenvalue weighted by Crippen LogP contribution is 2.24. The number of carbonyl (C=O) groups is 2. The van der Waals surface area contributed by atoms with Crippen molar-refractivity contribution in [3.8, 4) is 5.75 Å². The van der Waals surface area contributed by atoms with Crippen LogP contribution >= 0.6 is 28.1 Å². The van der Waals surface area contributed by atoms with E-state index in [-0.39, 0.29) is 23.0 Å². The first-order chi connectivity index (χ1) is 15.5. The van der Waals surface area contributed by atoms with Gasteiger partial charge in [-0.2, -0.15) is 0 Å². The molecule has 0 atom stereocenters. The first-order valence-electron chi connectivity index (χ1n) is 10.9. The second-order valence-electron chi connectivity index (χ2n) is 7.75. The molecule has 0 radical (unpaired) electrons. The van der Waals surface area contributed by atoms with Gasteiger partial charge in [-0.1, -0.05) is 54.2 Å². The number of rotatable bonds is 7. The Labute approximate surface area is 202 Å². The first-order valence-corrected chi connectivity index (χ1v) is 12.1. The number of nitrogens with one attached hydrogen (secondary N) is 3. The number of hydrogen-bond acceptors (Lipinski definition) is 4. The lowest BCUT2D eigenvalue weighted by Gasteiger charge is -2.23. The van der Waals surface area contributed by atoms with Crippen LogP contribution < -0.4 is 20.7 Å². The van der Waals surface area contributed by atoms with E-state index in [2.05, 4.69) is 31.9 Å². The summed E-state index contributed by atoms with van der Waals surface area (Å²) in [5.74, 6) is -0.0435. The van der Waals surface area contributed by atoms with Crippen molar-refractivity contribution in [2.75, 3.05) is 11.9 Å². The summed E-state index contributed by atoms with van der Waals surface area (Å²) in [6.45, 7) is 2.51. The lowest BCUT2D eigenvalue weighted by Crippen LogP contribution is -2.38. The molecule has 1 fully saturated rings. The number of amides is 2. The molecular formula is C24H28BrN3O3S. The number of anilines is 1. The van der Waals surface area contributed by atoms with Crippen LogP contribution in [0.3, 0.4) is 0 Å². The molecule has 1 aliphatic rings. The van der Waals surface area contributed by atoms with Gasteiger partial charge in [0.2, 0.25) is 0 Å². The summed E-state index contributed by atoms with van der Waals surface area (Å²) < 4.78 is 6.45. The Bertz CT molecular complexity index is 977. The second kappa shape index (κ2) is 12.0. The molecule has 3 N–H and O–H groups in total. The fraction of sp³-hybridized carbons (Fsp3) is 0.375. The van der Waals surface area contributed by atoms with Gasteiger partial charge in [0.05, 0.1) is 23.4 Å². The summed E-state index contributed by atoms with van der Waals surface area (Å²) in [6.07, 6.45) is 6.34. The van der Waals surface area contributed by atoms with Gasteiger partial charge in [0.15, 0.2) is 5.11 Å². The highest BCUT2D eigenvalue weighted by atomic mass is 79.9. The van der Waals surface area contributed by atoms with Crippen molar-refractivity contribution in [1.82, 2.24) is 10.6 Å².